The monoisotopic (exact) mass is 283 g/mol. The van der Waals surface area contributed by atoms with Crippen LogP contribution in [0.1, 0.15) is 13.8 Å². The molecule has 0 bridgehead atoms. The number of anilines is 1. The number of halogens is 1. The van der Waals surface area contributed by atoms with Gasteiger partial charge in [-0.25, -0.2) is 4.98 Å². The van der Waals surface area contributed by atoms with Gasteiger partial charge in [0, 0.05) is 34.9 Å². The molecule has 0 atom stereocenters. The van der Waals surface area contributed by atoms with Gasteiger partial charge in [-0.3, -0.25) is 0 Å². The predicted molar refractivity (Wildman–Crippen MR) is 81.6 cm³/mol. The first-order valence-corrected chi connectivity index (χ1v) is 6.45. The Hall–Kier alpha value is -1.10. The number of benzene rings is 1. The lowest BCUT2D eigenvalue weighted by Gasteiger charge is -2.19. The zero-order valence-electron chi connectivity index (χ0n) is 10.5. The van der Waals surface area contributed by atoms with Crippen LogP contribution in [0.5, 0.6) is 0 Å². The van der Waals surface area contributed by atoms with Gasteiger partial charge in [-0.2, -0.15) is 0 Å². The highest BCUT2D eigenvalue weighted by Crippen LogP contribution is 2.24. The number of nitrogens with zero attached hydrogens (tertiary/aromatic N) is 1. The van der Waals surface area contributed by atoms with Gasteiger partial charge in [0.05, 0.1) is 0 Å². The van der Waals surface area contributed by atoms with Gasteiger partial charge in [0.25, 0.3) is 0 Å². The zero-order valence-corrected chi connectivity index (χ0v) is 12.1. The maximum Gasteiger partial charge on any atom is 0.123 e. The zero-order chi connectivity index (χ0) is 12.3. The van der Waals surface area contributed by atoms with Crippen LogP contribution in [0.25, 0.3) is 10.6 Å². The maximum atomic E-state index is 5.94. The van der Waals surface area contributed by atoms with E-state index in [-0.39, 0.29) is 17.9 Å². The lowest BCUT2D eigenvalue weighted by molar-refractivity contribution is 0.549. The first-order valence-electron chi connectivity index (χ1n) is 5.57. The highest BCUT2D eigenvalue weighted by atomic mass is 35.5. The van der Waals surface area contributed by atoms with E-state index in [1.807, 2.05) is 37.6 Å². The average molecular weight is 284 g/mol. The third kappa shape index (κ3) is 4.29. The molecule has 0 spiro atoms. The van der Waals surface area contributed by atoms with Crippen molar-refractivity contribution in [1.29, 1.82) is 0 Å². The number of rotatable bonds is 4. The van der Waals surface area contributed by atoms with E-state index in [1.165, 1.54) is 0 Å². The second-order valence-electron chi connectivity index (χ2n) is 4.76. The van der Waals surface area contributed by atoms with Crippen molar-refractivity contribution in [3.63, 3.8) is 0 Å². The minimum Gasteiger partial charge on any atom is -0.383 e. The molecule has 98 valence electrons. The van der Waals surface area contributed by atoms with Crippen LogP contribution in [0, 0.1) is 0 Å². The molecule has 5 heteroatoms. The Morgan fingerprint density at radius 2 is 2.17 bits per heavy atom. The van der Waals surface area contributed by atoms with Crippen molar-refractivity contribution in [2.45, 2.75) is 19.4 Å². The molecule has 18 heavy (non-hydrogen) atoms. The lowest BCUT2D eigenvalue weighted by Crippen LogP contribution is -2.39. The van der Waals surface area contributed by atoms with E-state index in [1.54, 1.807) is 11.3 Å². The van der Waals surface area contributed by atoms with Crippen molar-refractivity contribution in [2.24, 2.45) is 5.73 Å². The van der Waals surface area contributed by atoms with E-state index < -0.39 is 0 Å². The molecule has 0 saturated heterocycles. The molecule has 1 heterocycles. The molecule has 2 aromatic rings. The molecule has 0 amide bonds. The quantitative estimate of drug-likeness (QED) is 0.904. The fourth-order valence-corrected chi connectivity index (χ4v) is 2.09. The molecule has 0 fully saturated rings. The molecule has 0 unspecified atom stereocenters. The summed E-state index contributed by atoms with van der Waals surface area (Å²) in [6.45, 7) is 4.75. The number of hydrogen-bond acceptors (Lipinski definition) is 4. The fraction of sp³-hybridized carbons (Fsp3) is 0.308. The van der Waals surface area contributed by atoms with Gasteiger partial charge in [-0.05, 0) is 26.0 Å². The summed E-state index contributed by atoms with van der Waals surface area (Å²) in [5.74, 6) is 0. The number of hydrogen-bond donors (Lipinski definition) is 2. The van der Waals surface area contributed by atoms with Crippen molar-refractivity contribution >= 4 is 29.4 Å². The van der Waals surface area contributed by atoms with Gasteiger partial charge in [0.1, 0.15) is 5.01 Å². The van der Waals surface area contributed by atoms with E-state index in [4.69, 9.17) is 5.73 Å². The van der Waals surface area contributed by atoms with Crippen LogP contribution < -0.4 is 11.1 Å². The minimum absolute atomic E-state index is 0. The molecule has 1 aromatic carbocycles. The molecule has 0 saturated carbocycles. The molecule has 3 N–H and O–H groups in total. The third-order valence-electron chi connectivity index (χ3n) is 2.29. The summed E-state index contributed by atoms with van der Waals surface area (Å²) in [6, 6.07) is 8.24. The molecular weight excluding hydrogens is 266 g/mol. The predicted octanol–water partition coefficient (Wildman–Crippen LogP) is 3.38. The van der Waals surface area contributed by atoms with Gasteiger partial charge >= 0.3 is 0 Å². The largest absolute Gasteiger partial charge is 0.383 e. The Morgan fingerprint density at radius 1 is 1.39 bits per heavy atom. The summed E-state index contributed by atoms with van der Waals surface area (Å²) in [7, 11) is 0. The Bertz CT molecular complexity index is 477. The third-order valence-corrected chi connectivity index (χ3v) is 3.11. The smallest absolute Gasteiger partial charge is 0.123 e. The minimum atomic E-state index is -0.211. The van der Waals surface area contributed by atoms with Crippen molar-refractivity contribution < 1.29 is 0 Å². The van der Waals surface area contributed by atoms with Crippen molar-refractivity contribution in [3.8, 4) is 10.6 Å². The second-order valence-corrected chi connectivity index (χ2v) is 5.65. The topological polar surface area (TPSA) is 50.9 Å². The maximum absolute atomic E-state index is 5.94. The van der Waals surface area contributed by atoms with Crippen LogP contribution in [-0.2, 0) is 0 Å². The van der Waals surface area contributed by atoms with Crippen LogP contribution in [0.4, 0.5) is 5.69 Å². The van der Waals surface area contributed by atoms with Gasteiger partial charge in [-0.15, -0.1) is 23.7 Å². The highest BCUT2D eigenvalue weighted by Gasteiger charge is 2.10. The summed E-state index contributed by atoms with van der Waals surface area (Å²) in [5.41, 5.74) is 7.95. The van der Waals surface area contributed by atoms with Gasteiger partial charge < -0.3 is 11.1 Å². The van der Waals surface area contributed by atoms with Crippen LogP contribution in [-0.4, -0.2) is 17.1 Å². The Morgan fingerprint density at radius 3 is 2.78 bits per heavy atom. The Labute approximate surface area is 118 Å². The van der Waals surface area contributed by atoms with Crippen molar-refractivity contribution in [3.05, 3.63) is 35.8 Å². The van der Waals surface area contributed by atoms with E-state index >= 15 is 0 Å². The second kappa shape index (κ2) is 6.18. The van der Waals surface area contributed by atoms with Crippen molar-refractivity contribution in [1.82, 2.24) is 4.98 Å². The number of nitrogens with one attached hydrogen (secondary N) is 1. The lowest BCUT2D eigenvalue weighted by atomic mass is 10.1. The van der Waals surface area contributed by atoms with Crippen LogP contribution in [0.15, 0.2) is 35.8 Å². The van der Waals surface area contributed by atoms with Crippen LogP contribution in [0.2, 0.25) is 0 Å². The standard InChI is InChI=1S/C13H17N3S.ClH/c1-13(2,14)9-16-11-5-3-4-10(8-11)12-15-6-7-17-12;/h3-8,16H,9,14H2,1-2H3;1H. The summed E-state index contributed by atoms with van der Waals surface area (Å²) in [6.07, 6.45) is 1.82. The molecule has 2 rings (SSSR count). The molecule has 1 aromatic heterocycles. The Balaban J connectivity index is 0.00000162. The molecule has 0 radical (unpaired) electrons. The number of thiazole rings is 1. The van der Waals surface area contributed by atoms with E-state index in [9.17, 15) is 0 Å². The van der Waals surface area contributed by atoms with E-state index in [0.717, 1.165) is 22.8 Å². The first-order chi connectivity index (χ1) is 8.04. The SMILES string of the molecule is CC(C)(N)CNc1cccc(-c2nccs2)c1.Cl. The highest BCUT2D eigenvalue weighted by molar-refractivity contribution is 7.13. The Kier molecular flexibility index (Phi) is 5.14. The summed E-state index contributed by atoms with van der Waals surface area (Å²) in [4.78, 5) is 4.30. The normalized spacial score (nSPS) is 10.8. The molecule has 0 aliphatic carbocycles. The van der Waals surface area contributed by atoms with E-state index in [2.05, 4.69) is 22.4 Å². The molecular formula is C13H18ClN3S. The van der Waals surface area contributed by atoms with Crippen molar-refractivity contribution in [2.75, 3.05) is 11.9 Å². The molecule has 0 aliphatic rings. The van der Waals surface area contributed by atoms with Gasteiger partial charge in [0.15, 0.2) is 0 Å². The summed E-state index contributed by atoms with van der Waals surface area (Å²) in [5, 5.41) is 6.37. The van der Waals surface area contributed by atoms with Crippen LogP contribution >= 0.6 is 23.7 Å². The summed E-state index contributed by atoms with van der Waals surface area (Å²) >= 11 is 1.64. The van der Waals surface area contributed by atoms with E-state index in [0.29, 0.717) is 0 Å². The van der Waals surface area contributed by atoms with Gasteiger partial charge in [0.2, 0.25) is 0 Å². The molecule has 3 nitrogen and oxygen atoms in total. The average Bonchev–Trinajstić information content (AvgIpc) is 2.79. The first kappa shape index (κ1) is 15.0. The van der Waals surface area contributed by atoms with Crippen LogP contribution in [0.3, 0.4) is 0 Å². The fourth-order valence-electron chi connectivity index (χ4n) is 1.46. The number of nitrogens with two attached hydrogens (primary N) is 1. The number of aromatic nitrogens is 1. The molecule has 0 aliphatic heterocycles. The summed E-state index contributed by atoms with van der Waals surface area (Å²) < 4.78 is 0. The van der Waals surface area contributed by atoms with Gasteiger partial charge in [-0.1, -0.05) is 12.1 Å².